The molecular weight excluding hydrogens is 370 g/mol. The lowest BCUT2D eigenvalue weighted by molar-refractivity contribution is 0.481. The summed E-state index contributed by atoms with van der Waals surface area (Å²) in [6.07, 6.45) is 0. The monoisotopic (exact) mass is 391 g/mol. The van der Waals surface area contributed by atoms with Crippen LogP contribution in [0.3, 0.4) is 0 Å². The fourth-order valence-corrected chi connectivity index (χ4v) is 4.33. The zero-order chi connectivity index (χ0) is 20.7. The lowest BCUT2D eigenvalue weighted by Crippen LogP contribution is -2.05. The van der Waals surface area contributed by atoms with Crippen molar-refractivity contribution in [1.82, 2.24) is 0 Å². The Labute approximate surface area is 174 Å². The Morgan fingerprint density at radius 3 is 1.40 bits per heavy atom. The van der Waals surface area contributed by atoms with Gasteiger partial charge in [-0.1, -0.05) is 72.8 Å². The van der Waals surface area contributed by atoms with Crippen LogP contribution in [0.5, 0.6) is 11.5 Å². The van der Waals surface area contributed by atoms with Gasteiger partial charge in [0.25, 0.3) is 0 Å². The van der Waals surface area contributed by atoms with Crippen molar-refractivity contribution in [3.63, 3.8) is 0 Å². The Balaban J connectivity index is 1.86. The van der Waals surface area contributed by atoms with E-state index in [4.69, 9.17) is 5.73 Å². The van der Waals surface area contributed by atoms with E-state index in [1.54, 1.807) is 12.1 Å². The third-order valence-electron chi connectivity index (χ3n) is 5.76. The first-order chi connectivity index (χ1) is 14.6. The average molecular weight is 391 g/mol. The van der Waals surface area contributed by atoms with Gasteiger partial charge >= 0.3 is 0 Å². The Morgan fingerprint density at radius 1 is 0.500 bits per heavy atom. The van der Waals surface area contributed by atoms with Crippen LogP contribution >= 0.6 is 0 Å². The number of phenols is 2. The first-order valence-electron chi connectivity index (χ1n) is 9.90. The van der Waals surface area contributed by atoms with E-state index in [0.717, 1.165) is 38.2 Å². The highest BCUT2D eigenvalue weighted by Crippen LogP contribution is 2.42. The van der Waals surface area contributed by atoms with Crippen LogP contribution in [0.1, 0.15) is 22.6 Å². The van der Waals surface area contributed by atoms with Crippen LogP contribution in [-0.4, -0.2) is 10.2 Å². The van der Waals surface area contributed by atoms with Crippen LogP contribution in [0.2, 0.25) is 0 Å². The molecule has 0 atom stereocenters. The minimum atomic E-state index is -0.0957. The summed E-state index contributed by atoms with van der Waals surface area (Å²) in [6, 6.07) is 31.2. The minimum absolute atomic E-state index is 0.0957. The van der Waals surface area contributed by atoms with E-state index in [1.807, 2.05) is 84.9 Å². The zero-order valence-electron chi connectivity index (χ0n) is 16.3. The van der Waals surface area contributed by atoms with Gasteiger partial charge in [-0.15, -0.1) is 0 Å². The molecular formula is C27H21NO2. The molecule has 0 bridgehead atoms. The Kier molecular flexibility index (Phi) is 4.29. The second-order valence-electron chi connectivity index (χ2n) is 7.54. The van der Waals surface area contributed by atoms with Gasteiger partial charge in [0, 0.05) is 22.4 Å². The number of benzene rings is 5. The van der Waals surface area contributed by atoms with Crippen LogP contribution < -0.4 is 5.73 Å². The van der Waals surface area contributed by atoms with Gasteiger partial charge in [0.15, 0.2) is 0 Å². The maximum Gasteiger partial charge on any atom is 0.123 e. The first kappa shape index (κ1) is 18.1. The third kappa shape index (κ3) is 2.92. The van der Waals surface area contributed by atoms with Crippen molar-refractivity contribution in [2.45, 2.75) is 5.92 Å². The molecule has 3 heteroatoms. The molecule has 30 heavy (non-hydrogen) atoms. The first-order valence-corrected chi connectivity index (χ1v) is 9.90. The van der Waals surface area contributed by atoms with Crippen molar-refractivity contribution in [3.05, 3.63) is 114 Å². The normalized spacial score (nSPS) is 11.4. The topological polar surface area (TPSA) is 66.5 Å². The number of anilines is 1. The fourth-order valence-electron chi connectivity index (χ4n) is 4.33. The summed E-state index contributed by atoms with van der Waals surface area (Å²) in [4.78, 5) is 0. The summed E-state index contributed by atoms with van der Waals surface area (Å²) < 4.78 is 0. The van der Waals surface area contributed by atoms with Gasteiger partial charge in [0.05, 0.1) is 0 Å². The molecule has 5 aromatic carbocycles. The van der Waals surface area contributed by atoms with Gasteiger partial charge in [0.1, 0.15) is 11.5 Å². The Hall–Kier alpha value is -3.98. The molecule has 0 aromatic heterocycles. The van der Waals surface area contributed by atoms with Crippen molar-refractivity contribution < 1.29 is 10.2 Å². The second kappa shape index (κ2) is 7.12. The van der Waals surface area contributed by atoms with E-state index in [0.29, 0.717) is 5.69 Å². The molecule has 5 aromatic rings. The predicted molar refractivity (Wildman–Crippen MR) is 123 cm³/mol. The number of hydrogen-bond donors (Lipinski definition) is 3. The van der Waals surface area contributed by atoms with Crippen molar-refractivity contribution in [2.24, 2.45) is 0 Å². The smallest absolute Gasteiger partial charge is 0.123 e. The largest absolute Gasteiger partial charge is 0.507 e. The number of hydrogen-bond acceptors (Lipinski definition) is 3. The van der Waals surface area contributed by atoms with Gasteiger partial charge in [-0.3, -0.25) is 0 Å². The number of fused-ring (bicyclic) bond motifs is 2. The lowest BCUT2D eigenvalue weighted by atomic mass is 9.80. The van der Waals surface area contributed by atoms with E-state index < -0.39 is 0 Å². The SMILES string of the molecule is Nc1ccc(C(c2ccc(O)c3ccccc23)c2ccc(O)c3ccccc23)cc1. The average Bonchev–Trinajstić information content (AvgIpc) is 2.78. The highest BCUT2D eigenvalue weighted by atomic mass is 16.3. The summed E-state index contributed by atoms with van der Waals surface area (Å²) in [6.45, 7) is 0. The molecule has 0 fully saturated rings. The van der Waals surface area contributed by atoms with E-state index in [9.17, 15) is 10.2 Å². The number of phenolic OH excluding ortho intramolecular Hbond substituents is 2. The van der Waals surface area contributed by atoms with Crippen molar-refractivity contribution in [2.75, 3.05) is 5.73 Å². The van der Waals surface area contributed by atoms with E-state index >= 15 is 0 Å². The summed E-state index contributed by atoms with van der Waals surface area (Å²) in [5.74, 6) is 0.434. The number of nitrogen functional groups attached to an aromatic ring is 1. The van der Waals surface area contributed by atoms with Crippen LogP contribution in [-0.2, 0) is 0 Å². The third-order valence-corrected chi connectivity index (χ3v) is 5.76. The molecule has 0 aliphatic carbocycles. The molecule has 0 saturated carbocycles. The molecule has 146 valence electrons. The summed E-state index contributed by atoms with van der Waals surface area (Å²) >= 11 is 0. The standard InChI is InChI=1S/C27H21NO2/c28-18-11-9-17(10-12-18)27(23-13-15-25(29)21-7-3-1-5-19(21)23)24-14-16-26(30)22-8-4-2-6-20(22)24/h1-16,27,29-30H,28H2. The van der Waals surface area contributed by atoms with Gasteiger partial charge in [-0.25, -0.2) is 0 Å². The van der Waals surface area contributed by atoms with E-state index in [1.165, 1.54) is 0 Å². The Bertz CT molecular complexity index is 1290. The van der Waals surface area contributed by atoms with Gasteiger partial charge in [-0.05, 0) is 51.7 Å². The van der Waals surface area contributed by atoms with Crippen LogP contribution in [0.15, 0.2) is 97.1 Å². The highest BCUT2D eigenvalue weighted by molar-refractivity contribution is 5.95. The van der Waals surface area contributed by atoms with Gasteiger partial charge in [-0.2, -0.15) is 0 Å². The molecule has 0 spiro atoms. The molecule has 0 amide bonds. The van der Waals surface area contributed by atoms with Crippen molar-refractivity contribution >= 4 is 27.2 Å². The number of aromatic hydroxyl groups is 2. The molecule has 0 aliphatic heterocycles. The maximum atomic E-state index is 10.4. The van der Waals surface area contributed by atoms with Gasteiger partial charge in [0.2, 0.25) is 0 Å². The summed E-state index contributed by atoms with van der Waals surface area (Å²) in [5.41, 5.74) is 9.94. The van der Waals surface area contributed by atoms with Crippen molar-refractivity contribution in [1.29, 1.82) is 0 Å². The minimum Gasteiger partial charge on any atom is -0.507 e. The second-order valence-corrected chi connectivity index (χ2v) is 7.54. The van der Waals surface area contributed by atoms with Gasteiger partial charge < -0.3 is 15.9 Å². The van der Waals surface area contributed by atoms with E-state index in [-0.39, 0.29) is 17.4 Å². The predicted octanol–water partition coefficient (Wildman–Crippen LogP) is 6.17. The van der Waals surface area contributed by atoms with Crippen LogP contribution in [0.4, 0.5) is 5.69 Å². The molecule has 0 unspecified atom stereocenters. The lowest BCUT2D eigenvalue weighted by Gasteiger charge is -2.23. The van der Waals surface area contributed by atoms with E-state index in [2.05, 4.69) is 0 Å². The van der Waals surface area contributed by atoms with Crippen LogP contribution in [0, 0.1) is 0 Å². The number of rotatable bonds is 3. The number of nitrogens with two attached hydrogens (primary N) is 1. The molecule has 4 N–H and O–H groups in total. The summed E-state index contributed by atoms with van der Waals surface area (Å²) in [5, 5.41) is 24.5. The maximum absolute atomic E-state index is 10.4. The molecule has 3 nitrogen and oxygen atoms in total. The zero-order valence-corrected chi connectivity index (χ0v) is 16.3. The highest BCUT2D eigenvalue weighted by Gasteiger charge is 2.22. The summed E-state index contributed by atoms with van der Waals surface area (Å²) in [7, 11) is 0. The quantitative estimate of drug-likeness (QED) is 0.255. The molecule has 5 rings (SSSR count). The van der Waals surface area contributed by atoms with Crippen LogP contribution in [0.25, 0.3) is 21.5 Å². The Morgan fingerprint density at radius 2 is 0.933 bits per heavy atom. The fraction of sp³-hybridized carbons (Fsp3) is 0.0370. The van der Waals surface area contributed by atoms with Crippen molar-refractivity contribution in [3.8, 4) is 11.5 Å². The molecule has 0 radical (unpaired) electrons. The molecule has 0 heterocycles. The molecule has 0 saturated heterocycles. The molecule has 0 aliphatic rings.